The van der Waals surface area contributed by atoms with Gasteiger partial charge < -0.3 is 0 Å². The van der Waals surface area contributed by atoms with Gasteiger partial charge in [-0.05, 0) is 75.2 Å². The summed E-state index contributed by atoms with van der Waals surface area (Å²) in [6.07, 6.45) is 0.345. The normalized spacial score (nSPS) is 12.9. The molecule has 0 amide bonds. The topological polar surface area (TPSA) is 43.5 Å². The summed E-state index contributed by atoms with van der Waals surface area (Å²) in [7, 11) is 0. The van der Waals surface area contributed by atoms with Crippen LogP contribution < -0.4 is 5.56 Å². The highest BCUT2D eigenvalue weighted by Gasteiger charge is 2.25. The zero-order valence-corrected chi connectivity index (χ0v) is 26.3. The molecule has 0 N–H and O–H groups in total. The fourth-order valence-electron chi connectivity index (χ4n) is 8.48. The van der Waals surface area contributed by atoms with Gasteiger partial charge in [0.05, 0.1) is 28.5 Å². The van der Waals surface area contributed by atoms with E-state index >= 15 is 0 Å². The van der Waals surface area contributed by atoms with Crippen LogP contribution in [-0.4, -0.2) is 14.9 Å². The summed E-state index contributed by atoms with van der Waals surface area (Å²) in [6, 6.07) is 50.3. The minimum Gasteiger partial charge on any atom is -0.279 e. The predicted octanol–water partition coefficient (Wildman–Crippen LogP) is 10.5. The number of nitrogens with zero attached hydrogens (tertiary/aromatic N) is 2. The number of hydrogen-bond donors (Lipinski definition) is 0. The lowest BCUT2D eigenvalue weighted by Gasteiger charge is -2.12. The number of carbonyl (C=O) groups is 1. The molecule has 0 radical (unpaired) electrons. The molecule has 228 valence electrons. The molecule has 0 unspecified atom stereocenters. The smallest absolute Gasteiger partial charge is 0.263 e. The van der Waals surface area contributed by atoms with Crippen LogP contribution in [0.1, 0.15) is 10.4 Å². The Morgan fingerprint density at radius 2 is 1.00 bits per heavy atom. The summed E-state index contributed by atoms with van der Waals surface area (Å²) in [5, 5.41) is 7.15. The summed E-state index contributed by atoms with van der Waals surface area (Å²) in [6.45, 7) is 0. The van der Waals surface area contributed by atoms with Gasteiger partial charge in [0.2, 0.25) is 5.91 Å². The van der Waals surface area contributed by atoms with E-state index in [1.54, 1.807) is 0 Å². The van der Waals surface area contributed by atoms with Crippen LogP contribution in [0, 0.1) is 0 Å². The standard InChI is InChI=1S/C45H26N2O2/c48-42-25-30-19-18-28(23-38(30)35-14-6-12-33-31-10-1-3-16-40(31)46(42)43(33)35)26-8-5-9-27(22-26)29-20-21-37-39(24-29)36-15-7-13-34-32-11-2-4-17-41(32)47(44(34)36)45(37)49/h1-24H,25H2. The second-order valence-electron chi connectivity index (χ2n) is 13.2. The lowest BCUT2D eigenvalue weighted by Crippen LogP contribution is -2.12. The van der Waals surface area contributed by atoms with E-state index < -0.39 is 0 Å². The van der Waals surface area contributed by atoms with Gasteiger partial charge in [0.1, 0.15) is 0 Å². The van der Waals surface area contributed by atoms with E-state index in [1.165, 1.54) is 0 Å². The Labute approximate surface area is 280 Å². The summed E-state index contributed by atoms with van der Waals surface area (Å²) in [5.74, 6) is 0.0918. The zero-order valence-electron chi connectivity index (χ0n) is 26.3. The number of rotatable bonds is 2. The van der Waals surface area contributed by atoms with Crippen molar-refractivity contribution < 1.29 is 4.79 Å². The summed E-state index contributed by atoms with van der Waals surface area (Å²) in [5.41, 5.74) is 11.4. The molecule has 0 bridgehead atoms. The van der Waals surface area contributed by atoms with E-state index in [2.05, 4.69) is 103 Å². The van der Waals surface area contributed by atoms with Crippen LogP contribution in [0.4, 0.5) is 0 Å². The maximum absolute atomic E-state index is 14.0. The molecule has 3 aromatic heterocycles. The van der Waals surface area contributed by atoms with Crippen molar-refractivity contribution in [3.63, 3.8) is 0 Å². The second-order valence-corrected chi connectivity index (χ2v) is 13.2. The molecule has 7 aromatic carbocycles. The number of hydrogen-bond acceptors (Lipinski definition) is 2. The lowest BCUT2D eigenvalue weighted by atomic mass is 9.91. The molecule has 0 fully saturated rings. The Bertz CT molecular complexity index is 3130. The lowest BCUT2D eigenvalue weighted by molar-refractivity contribution is 0.0925. The van der Waals surface area contributed by atoms with E-state index in [1.807, 2.05) is 51.4 Å². The molecular formula is C45H26N2O2. The third kappa shape index (κ3) is 3.52. The zero-order chi connectivity index (χ0) is 32.4. The Morgan fingerprint density at radius 3 is 1.82 bits per heavy atom. The molecule has 0 aliphatic carbocycles. The van der Waals surface area contributed by atoms with Crippen LogP contribution in [0.25, 0.3) is 93.2 Å². The molecule has 4 heterocycles. The minimum absolute atomic E-state index is 0.0118. The van der Waals surface area contributed by atoms with Gasteiger partial charge in [0.25, 0.3) is 5.56 Å². The van der Waals surface area contributed by atoms with E-state index in [-0.39, 0.29) is 11.5 Å². The van der Waals surface area contributed by atoms with Crippen molar-refractivity contribution in [2.24, 2.45) is 0 Å². The fraction of sp³-hybridized carbons (Fsp3) is 0.0222. The van der Waals surface area contributed by atoms with Gasteiger partial charge >= 0.3 is 0 Å². The summed E-state index contributed by atoms with van der Waals surface area (Å²) < 4.78 is 3.80. The Morgan fingerprint density at radius 1 is 0.408 bits per heavy atom. The first-order valence-electron chi connectivity index (χ1n) is 16.6. The first-order valence-corrected chi connectivity index (χ1v) is 16.6. The van der Waals surface area contributed by atoms with Crippen molar-refractivity contribution in [2.75, 3.05) is 0 Å². The predicted molar refractivity (Wildman–Crippen MR) is 201 cm³/mol. The maximum Gasteiger partial charge on any atom is 0.263 e. The Kier molecular flexibility index (Phi) is 5.16. The number of fused-ring (bicyclic) bond motifs is 10. The average Bonchev–Trinajstić information content (AvgIpc) is 3.64. The number of aromatic nitrogens is 2. The molecular weight excluding hydrogens is 601 g/mol. The van der Waals surface area contributed by atoms with Gasteiger partial charge in [0, 0.05) is 37.9 Å². The molecule has 0 atom stereocenters. The van der Waals surface area contributed by atoms with E-state index in [9.17, 15) is 9.59 Å². The van der Waals surface area contributed by atoms with Crippen molar-refractivity contribution >= 4 is 65.7 Å². The highest BCUT2D eigenvalue weighted by Crippen LogP contribution is 2.42. The van der Waals surface area contributed by atoms with Gasteiger partial charge in [-0.15, -0.1) is 0 Å². The Balaban J connectivity index is 1.08. The SMILES string of the molecule is O=C1Cc2ccc(-c3cccc(-c4ccc5c(=O)n6c7ccccc7c7cccc(c5c4)c76)c3)cc2-c2cccc3c4ccccc4n1c23. The summed E-state index contributed by atoms with van der Waals surface area (Å²) >= 11 is 0. The number of pyridine rings is 1. The molecule has 0 spiro atoms. The largest absolute Gasteiger partial charge is 0.279 e. The van der Waals surface area contributed by atoms with Crippen molar-refractivity contribution in [1.82, 2.24) is 8.97 Å². The van der Waals surface area contributed by atoms with Gasteiger partial charge in [0.15, 0.2) is 0 Å². The average molecular weight is 627 g/mol. The molecule has 11 rings (SSSR count). The number of para-hydroxylation sites is 4. The highest BCUT2D eigenvalue weighted by molar-refractivity contribution is 6.21. The molecule has 1 aliphatic heterocycles. The van der Waals surface area contributed by atoms with E-state index in [0.717, 1.165) is 93.3 Å². The fourth-order valence-corrected chi connectivity index (χ4v) is 8.48. The molecule has 4 nitrogen and oxygen atoms in total. The first-order chi connectivity index (χ1) is 24.1. The monoisotopic (exact) mass is 626 g/mol. The van der Waals surface area contributed by atoms with Crippen LogP contribution in [0.15, 0.2) is 150 Å². The van der Waals surface area contributed by atoms with E-state index in [0.29, 0.717) is 11.8 Å². The molecule has 10 aromatic rings. The number of benzene rings is 7. The van der Waals surface area contributed by atoms with Gasteiger partial charge in [-0.3, -0.25) is 18.6 Å². The van der Waals surface area contributed by atoms with Gasteiger partial charge in [-0.2, -0.15) is 0 Å². The number of carbonyl (C=O) groups excluding carboxylic acids is 1. The highest BCUT2D eigenvalue weighted by atomic mass is 16.2. The quantitative estimate of drug-likeness (QED) is 0.179. The molecule has 0 saturated heterocycles. The van der Waals surface area contributed by atoms with Crippen molar-refractivity contribution in [3.8, 4) is 33.4 Å². The van der Waals surface area contributed by atoms with Crippen LogP contribution in [0.3, 0.4) is 0 Å². The molecule has 4 heteroatoms. The molecule has 49 heavy (non-hydrogen) atoms. The van der Waals surface area contributed by atoms with Gasteiger partial charge in [-0.25, -0.2) is 0 Å². The van der Waals surface area contributed by atoms with Crippen LogP contribution >= 0.6 is 0 Å². The summed E-state index contributed by atoms with van der Waals surface area (Å²) in [4.78, 5) is 27.7. The van der Waals surface area contributed by atoms with E-state index in [4.69, 9.17) is 0 Å². The van der Waals surface area contributed by atoms with Crippen LogP contribution in [-0.2, 0) is 6.42 Å². The van der Waals surface area contributed by atoms with Crippen molar-refractivity contribution in [2.45, 2.75) is 6.42 Å². The van der Waals surface area contributed by atoms with Crippen LogP contribution in [0.2, 0.25) is 0 Å². The van der Waals surface area contributed by atoms with Gasteiger partial charge in [-0.1, -0.05) is 109 Å². The third-order valence-corrected chi connectivity index (χ3v) is 10.7. The molecule has 0 saturated carbocycles. The second kappa shape index (κ2) is 9.52. The van der Waals surface area contributed by atoms with Crippen LogP contribution in [0.5, 0.6) is 0 Å². The first kappa shape index (κ1) is 26.5. The molecule has 1 aliphatic rings. The Hall–Kier alpha value is -6.52. The van der Waals surface area contributed by atoms with Crippen molar-refractivity contribution in [1.29, 1.82) is 0 Å². The minimum atomic E-state index is 0.0118. The third-order valence-electron chi connectivity index (χ3n) is 10.7. The van der Waals surface area contributed by atoms with Crippen molar-refractivity contribution in [3.05, 3.63) is 162 Å². The maximum atomic E-state index is 14.0.